The van der Waals surface area contributed by atoms with Gasteiger partial charge in [-0.15, -0.1) is 0 Å². The molecule has 0 bridgehead atoms. The van der Waals surface area contributed by atoms with E-state index in [1.807, 2.05) is 0 Å². The Labute approximate surface area is 121 Å². The van der Waals surface area contributed by atoms with Crippen LogP contribution in [0.1, 0.15) is 12.0 Å². The molecule has 0 aliphatic heterocycles. The maximum absolute atomic E-state index is 13.9. The third-order valence-corrected chi connectivity index (χ3v) is 4.45. The van der Waals surface area contributed by atoms with Gasteiger partial charge < -0.3 is 5.11 Å². The van der Waals surface area contributed by atoms with Crippen LogP contribution in [0.5, 0.6) is 0 Å². The van der Waals surface area contributed by atoms with Crippen LogP contribution in [0.2, 0.25) is 0 Å². The fourth-order valence-electron chi connectivity index (χ4n) is 1.53. The fourth-order valence-corrected chi connectivity index (χ4v) is 2.87. The number of hydrogen-bond donors (Lipinski definition) is 1. The van der Waals surface area contributed by atoms with Crippen LogP contribution in [0.3, 0.4) is 0 Å². The Morgan fingerprint density at radius 1 is 1.38 bits per heavy atom. The van der Waals surface area contributed by atoms with Gasteiger partial charge in [-0.3, -0.25) is 0 Å². The molecule has 0 fully saturated rings. The third kappa shape index (κ3) is 3.99. The number of aliphatic hydroxyl groups excluding tert-OH is 1. The number of rotatable bonds is 4. The normalized spacial score (nSPS) is 10.9. The summed E-state index contributed by atoms with van der Waals surface area (Å²) in [6, 6.07) is 2.99. The summed E-state index contributed by atoms with van der Waals surface area (Å²) in [7, 11) is -3.08. The molecule has 0 atom stereocenters. The van der Waals surface area contributed by atoms with Crippen LogP contribution in [-0.2, 0) is 10.0 Å². The fraction of sp³-hybridized carbons (Fsp3) is 0.308. The number of nitrogens with zero attached hydrogens (tertiary/aromatic N) is 2. The molecule has 0 unspecified atom stereocenters. The van der Waals surface area contributed by atoms with E-state index in [4.69, 9.17) is 10.4 Å². The number of aliphatic hydroxyl groups is 1. The minimum Gasteiger partial charge on any atom is -0.384 e. The summed E-state index contributed by atoms with van der Waals surface area (Å²) >= 11 is 0. The van der Waals surface area contributed by atoms with Crippen molar-refractivity contribution in [3.05, 3.63) is 29.3 Å². The van der Waals surface area contributed by atoms with E-state index in [9.17, 15) is 17.2 Å². The lowest BCUT2D eigenvalue weighted by Crippen LogP contribution is -2.29. The number of sulfonamides is 1. The summed E-state index contributed by atoms with van der Waals surface area (Å²) in [5.74, 6) is 2.11. The second-order valence-corrected chi connectivity index (χ2v) is 5.94. The van der Waals surface area contributed by atoms with E-state index >= 15 is 0 Å². The van der Waals surface area contributed by atoms with Crippen molar-refractivity contribution in [3.63, 3.8) is 0 Å². The maximum Gasteiger partial charge on any atom is 0.247 e. The molecule has 0 spiro atoms. The molecule has 1 N–H and O–H groups in total. The molecule has 0 amide bonds. The van der Waals surface area contributed by atoms with Gasteiger partial charge in [0.25, 0.3) is 0 Å². The molecule has 0 aliphatic rings. The van der Waals surface area contributed by atoms with Crippen LogP contribution >= 0.6 is 0 Å². The van der Waals surface area contributed by atoms with Gasteiger partial charge in [-0.2, -0.15) is 9.57 Å². The molecule has 0 heterocycles. The molecule has 0 saturated carbocycles. The van der Waals surface area contributed by atoms with Gasteiger partial charge in [-0.05, 0) is 6.07 Å². The predicted molar refractivity (Wildman–Crippen MR) is 70.4 cm³/mol. The molecule has 0 aliphatic carbocycles. The van der Waals surface area contributed by atoms with E-state index in [0.717, 1.165) is 10.4 Å². The molecular formula is C13H12F2N2O3S. The van der Waals surface area contributed by atoms with Crippen LogP contribution in [0.25, 0.3) is 0 Å². The highest BCUT2D eigenvalue weighted by atomic mass is 32.2. The minimum atomic E-state index is -4.26. The van der Waals surface area contributed by atoms with Gasteiger partial charge in [0.15, 0.2) is 0 Å². The van der Waals surface area contributed by atoms with Crippen molar-refractivity contribution in [2.75, 3.05) is 20.2 Å². The van der Waals surface area contributed by atoms with E-state index in [-0.39, 0.29) is 18.5 Å². The van der Waals surface area contributed by atoms with Gasteiger partial charge in [0.05, 0.1) is 11.6 Å². The average Bonchev–Trinajstić information content (AvgIpc) is 2.41. The molecule has 5 nitrogen and oxygen atoms in total. The molecule has 1 rings (SSSR count). The van der Waals surface area contributed by atoms with Crippen LogP contribution in [0.15, 0.2) is 17.0 Å². The molecule has 1 aromatic carbocycles. The van der Waals surface area contributed by atoms with Gasteiger partial charge in [0, 0.05) is 26.1 Å². The Morgan fingerprint density at radius 2 is 2.05 bits per heavy atom. The Balaban J connectivity index is 3.44. The van der Waals surface area contributed by atoms with Gasteiger partial charge in [-0.25, -0.2) is 17.2 Å². The molecule has 112 valence electrons. The summed E-state index contributed by atoms with van der Waals surface area (Å²) in [4.78, 5) is -0.773. The zero-order valence-corrected chi connectivity index (χ0v) is 11.9. The number of halogens is 2. The standard InChI is InChI=1S/C13H12F2N2O3S/c1-17(6-3-5-16)21(19,20)13-10(4-2-7-18)8-11(14)9-12(13)15/h8-9,18H,3,6-7H2,1H3. The molecule has 0 aromatic heterocycles. The lowest BCUT2D eigenvalue weighted by Gasteiger charge is -2.17. The zero-order valence-electron chi connectivity index (χ0n) is 11.1. The zero-order chi connectivity index (χ0) is 16.0. The molecule has 0 saturated heterocycles. The quantitative estimate of drug-likeness (QED) is 0.835. The van der Waals surface area contributed by atoms with Gasteiger partial charge in [0.1, 0.15) is 23.1 Å². The van der Waals surface area contributed by atoms with Crippen molar-refractivity contribution in [2.45, 2.75) is 11.3 Å². The number of hydrogen-bond acceptors (Lipinski definition) is 4. The van der Waals surface area contributed by atoms with Crippen LogP contribution < -0.4 is 0 Å². The highest BCUT2D eigenvalue weighted by Crippen LogP contribution is 2.24. The van der Waals surface area contributed by atoms with Crippen molar-refractivity contribution in [1.82, 2.24) is 4.31 Å². The Kier molecular flexibility index (Phi) is 5.79. The first-order chi connectivity index (χ1) is 9.84. The largest absolute Gasteiger partial charge is 0.384 e. The Bertz CT molecular complexity index is 730. The SMILES string of the molecule is CN(CCC#N)S(=O)(=O)c1c(F)cc(F)cc1C#CCO. The highest BCUT2D eigenvalue weighted by molar-refractivity contribution is 7.89. The maximum atomic E-state index is 13.9. The monoisotopic (exact) mass is 314 g/mol. The predicted octanol–water partition coefficient (Wildman–Crippen LogP) is 0.843. The highest BCUT2D eigenvalue weighted by Gasteiger charge is 2.28. The molecule has 0 radical (unpaired) electrons. The number of nitriles is 1. The van der Waals surface area contributed by atoms with Crippen molar-refractivity contribution in [1.29, 1.82) is 5.26 Å². The second kappa shape index (κ2) is 7.14. The van der Waals surface area contributed by atoms with Gasteiger partial charge in [-0.1, -0.05) is 11.8 Å². The van der Waals surface area contributed by atoms with Crippen molar-refractivity contribution in [2.24, 2.45) is 0 Å². The van der Waals surface area contributed by atoms with E-state index in [2.05, 4.69) is 11.8 Å². The van der Waals surface area contributed by atoms with Crippen molar-refractivity contribution < 1.29 is 22.3 Å². The van der Waals surface area contributed by atoms with Crippen molar-refractivity contribution in [3.8, 4) is 17.9 Å². The Morgan fingerprint density at radius 3 is 2.62 bits per heavy atom. The van der Waals surface area contributed by atoms with E-state index < -0.39 is 33.2 Å². The lowest BCUT2D eigenvalue weighted by molar-refractivity contribution is 0.350. The molecule has 8 heteroatoms. The molecular weight excluding hydrogens is 302 g/mol. The first-order valence-corrected chi connectivity index (χ1v) is 7.20. The molecule has 21 heavy (non-hydrogen) atoms. The Hall–Kier alpha value is -2.00. The van der Waals surface area contributed by atoms with E-state index in [1.54, 1.807) is 6.07 Å². The molecule has 1 aromatic rings. The summed E-state index contributed by atoms with van der Waals surface area (Å²) in [6.07, 6.45) is -0.0732. The van der Waals surface area contributed by atoms with Crippen molar-refractivity contribution >= 4 is 10.0 Å². The first-order valence-electron chi connectivity index (χ1n) is 5.76. The summed E-state index contributed by atoms with van der Waals surface area (Å²) in [6.45, 7) is -0.718. The lowest BCUT2D eigenvalue weighted by atomic mass is 10.2. The van der Waals surface area contributed by atoms with Crippen LogP contribution in [0.4, 0.5) is 8.78 Å². The average molecular weight is 314 g/mol. The summed E-state index contributed by atoms with van der Waals surface area (Å²) in [5.41, 5.74) is -0.384. The topological polar surface area (TPSA) is 81.4 Å². The third-order valence-electron chi connectivity index (χ3n) is 2.52. The van der Waals surface area contributed by atoms with Crippen LogP contribution in [0, 0.1) is 34.8 Å². The minimum absolute atomic E-state index is 0.0732. The van der Waals surface area contributed by atoms with Gasteiger partial charge >= 0.3 is 0 Å². The smallest absolute Gasteiger partial charge is 0.247 e. The number of benzene rings is 1. The van der Waals surface area contributed by atoms with Crippen LogP contribution in [-0.4, -0.2) is 38.0 Å². The van der Waals surface area contributed by atoms with Gasteiger partial charge in [0.2, 0.25) is 10.0 Å². The summed E-state index contributed by atoms with van der Waals surface area (Å²) in [5, 5.41) is 17.1. The second-order valence-electron chi connectivity index (χ2n) is 3.96. The first kappa shape index (κ1) is 17.1. The van der Waals surface area contributed by atoms with E-state index in [0.29, 0.717) is 6.07 Å². The van der Waals surface area contributed by atoms with E-state index in [1.165, 1.54) is 7.05 Å². The summed E-state index contributed by atoms with van der Waals surface area (Å²) < 4.78 is 52.4.